The van der Waals surface area contributed by atoms with E-state index in [0.29, 0.717) is 5.69 Å². The fourth-order valence-corrected chi connectivity index (χ4v) is 2.83. The molecule has 1 heterocycles. The molecule has 0 aliphatic rings. The Morgan fingerprint density at radius 1 is 1.15 bits per heavy atom. The average molecular weight is 375 g/mol. The molecule has 0 fully saturated rings. The molecule has 0 bridgehead atoms. The lowest BCUT2D eigenvalue weighted by molar-refractivity contribution is 0.628. The SMILES string of the molecule is Nc1nc2ccc(Br)cc2n1-c1cc(Cl)c(F)c(Cl)c1. The maximum absolute atomic E-state index is 13.5. The molecule has 20 heavy (non-hydrogen) atoms. The number of halogens is 4. The number of hydrogen-bond donors (Lipinski definition) is 1. The van der Waals surface area contributed by atoms with Crippen molar-refractivity contribution in [1.82, 2.24) is 9.55 Å². The fourth-order valence-electron chi connectivity index (χ4n) is 2.01. The van der Waals surface area contributed by atoms with Crippen LogP contribution >= 0.6 is 39.1 Å². The Bertz CT molecular complexity index is 809. The summed E-state index contributed by atoms with van der Waals surface area (Å²) in [5.74, 6) is -0.377. The van der Waals surface area contributed by atoms with E-state index in [0.717, 1.165) is 15.5 Å². The minimum atomic E-state index is -0.652. The third-order valence-electron chi connectivity index (χ3n) is 2.87. The van der Waals surface area contributed by atoms with Gasteiger partial charge in [-0.15, -0.1) is 0 Å². The summed E-state index contributed by atoms with van der Waals surface area (Å²) >= 11 is 15.0. The molecule has 0 spiro atoms. The largest absolute Gasteiger partial charge is 0.369 e. The lowest BCUT2D eigenvalue weighted by Gasteiger charge is -2.09. The Morgan fingerprint density at radius 2 is 1.80 bits per heavy atom. The monoisotopic (exact) mass is 373 g/mol. The third-order valence-corrected chi connectivity index (χ3v) is 3.91. The summed E-state index contributed by atoms with van der Waals surface area (Å²) in [6, 6.07) is 8.48. The van der Waals surface area contributed by atoms with E-state index < -0.39 is 5.82 Å². The van der Waals surface area contributed by atoms with Gasteiger partial charge >= 0.3 is 0 Å². The number of benzene rings is 2. The quantitative estimate of drug-likeness (QED) is 0.620. The van der Waals surface area contributed by atoms with Gasteiger partial charge in [0.05, 0.1) is 26.8 Å². The summed E-state index contributed by atoms with van der Waals surface area (Å²) in [5.41, 5.74) is 7.98. The molecule has 0 unspecified atom stereocenters. The normalized spacial score (nSPS) is 11.2. The van der Waals surface area contributed by atoms with Gasteiger partial charge in [-0.1, -0.05) is 39.1 Å². The molecule has 0 radical (unpaired) electrons. The summed E-state index contributed by atoms with van der Waals surface area (Å²) in [7, 11) is 0. The molecule has 7 heteroatoms. The van der Waals surface area contributed by atoms with Gasteiger partial charge in [-0.2, -0.15) is 0 Å². The van der Waals surface area contributed by atoms with E-state index in [9.17, 15) is 4.39 Å². The van der Waals surface area contributed by atoms with E-state index in [4.69, 9.17) is 28.9 Å². The highest BCUT2D eigenvalue weighted by molar-refractivity contribution is 9.10. The van der Waals surface area contributed by atoms with Crippen molar-refractivity contribution in [1.29, 1.82) is 0 Å². The lowest BCUT2D eigenvalue weighted by atomic mass is 10.2. The van der Waals surface area contributed by atoms with Gasteiger partial charge in [-0.3, -0.25) is 4.57 Å². The van der Waals surface area contributed by atoms with Crippen molar-refractivity contribution in [3.63, 3.8) is 0 Å². The number of rotatable bonds is 1. The molecule has 0 aliphatic carbocycles. The van der Waals surface area contributed by atoms with Crippen molar-refractivity contribution in [3.8, 4) is 5.69 Å². The number of imidazole rings is 1. The molecule has 102 valence electrons. The van der Waals surface area contributed by atoms with Gasteiger partial charge in [0, 0.05) is 4.47 Å². The third kappa shape index (κ3) is 2.16. The predicted molar refractivity (Wildman–Crippen MR) is 83.2 cm³/mol. The van der Waals surface area contributed by atoms with Crippen LogP contribution in [0.2, 0.25) is 10.0 Å². The summed E-state index contributed by atoms with van der Waals surface area (Å²) < 4.78 is 16.0. The van der Waals surface area contributed by atoms with Gasteiger partial charge in [0.15, 0.2) is 5.82 Å². The maximum atomic E-state index is 13.5. The van der Waals surface area contributed by atoms with Crippen molar-refractivity contribution in [2.75, 3.05) is 5.73 Å². The standard InChI is InChI=1S/C13H7BrCl2FN3/c14-6-1-2-10-11(3-6)20(13(18)19-10)7-4-8(15)12(17)9(16)5-7/h1-5H,(H2,18,19). The molecule has 2 aromatic carbocycles. The van der Waals surface area contributed by atoms with E-state index in [1.165, 1.54) is 12.1 Å². The van der Waals surface area contributed by atoms with Crippen molar-refractivity contribution in [2.45, 2.75) is 0 Å². The van der Waals surface area contributed by atoms with Crippen molar-refractivity contribution in [3.05, 3.63) is 50.7 Å². The fraction of sp³-hybridized carbons (Fsp3) is 0. The molecule has 0 atom stereocenters. The molecule has 3 rings (SSSR count). The van der Waals surface area contributed by atoms with Gasteiger partial charge in [-0.25, -0.2) is 9.37 Å². The Labute approximate surface area is 132 Å². The van der Waals surface area contributed by atoms with E-state index in [2.05, 4.69) is 20.9 Å². The number of aromatic nitrogens is 2. The minimum Gasteiger partial charge on any atom is -0.369 e. The first-order valence-electron chi connectivity index (χ1n) is 5.56. The van der Waals surface area contributed by atoms with Gasteiger partial charge in [-0.05, 0) is 30.3 Å². The van der Waals surface area contributed by atoms with E-state index in [1.807, 2.05) is 18.2 Å². The van der Waals surface area contributed by atoms with Crippen LogP contribution in [-0.4, -0.2) is 9.55 Å². The molecule has 0 saturated heterocycles. The van der Waals surface area contributed by atoms with E-state index >= 15 is 0 Å². The van der Waals surface area contributed by atoms with Crippen LogP contribution in [0.5, 0.6) is 0 Å². The van der Waals surface area contributed by atoms with Crippen LogP contribution in [0.25, 0.3) is 16.7 Å². The van der Waals surface area contributed by atoms with Crippen LogP contribution in [0.4, 0.5) is 10.3 Å². The topological polar surface area (TPSA) is 43.8 Å². The molecular weight excluding hydrogens is 368 g/mol. The van der Waals surface area contributed by atoms with Crippen LogP contribution in [-0.2, 0) is 0 Å². The van der Waals surface area contributed by atoms with E-state index in [1.54, 1.807) is 4.57 Å². The predicted octanol–water partition coefficient (Wildman–Crippen LogP) is 4.82. The maximum Gasteiger partial charge on any atom is 0.205 e. The van der Waals surface area contributed by atoms with Gasteiger partial charge in [0.25, 0.3) is 0 Å². The van der Waals surface area contributed by atoms with Gasteiger partial charge in [0.2, 0.25) is 5.95 Å². The first-order chi connectivity index (χ1) is 9.47. The van der Waals surface area contributed by atoms with Crippen LogP contribution < -0.4 is 5.73 Å². The minimum absolute atomic E-state index is 0.0660. The zero-order valence-electron chi connectivity index (χ0n) is 9.87. The average Bonchev–Trinajstić information content (AvgIpc) is 2.70. The van der Waals surface area contributed by atoms with Crippen LogP contribution in [0.15, 0.2) is 34.8 Å². The summed E-state index contributed by atoms with van der Waals surface area (Å²) in [4.78, 5) is 4.25. The zero-order valence-corrected chi connectivity index (χ0v) is 13.0. The highest BCUT2D eigenvalue weighted by Gasteiger charge is 2.14. The molecule has 0 amide bonds. The number of nitrogens with zero attached hydrogens (tertiary/aromatic N) is 2. The number of anilines is 1. The van der Waals surface area contributed by atoms with Crippen LogP contribution in [0.3, 0.4) is 0 Å². The molecule has 1 aromatic heterocycles. The van der Waals surface area contributed by atoms with Crippen molar-refractivity contribution in [2.24, 2.45) is 0 Å². The first-order valence-corrected chi connectivity index (χ1v) is 7.10. The number of hydrogen-bond acceptors (Lipinski definition) is 2. The summed E-state index contributed by atoms with van der Waals surface area (Å²) in [6.45, 7) is 0. The molecule has 0 aliphatic heterocycles. The van der Waals surface area contributed by atoms with Gasteiger partial charge < -0.3 is 5.73 Å². The lowest BCUT2D eigenvalue weighted by Crippen LogP contribution is -2.01. The number of nitrogens with two attached hydrogens (primary N) is 1. The van der Waals surface area contributed by atoms with Crippen LogP contribution in [0.1, 0.15) is 0 Å². The Kier molecular flexibility index (Phi) is 3.36. The molecular formula is C13H7BrCl2FN3. The Balaban J connectivity index is 2.34. The second-order valence-corrected chi connectivity index (χ2v) is 5.89. The second kappa shape index (κ2) is 4.91. The van der Waals surface area contributed by atoms with E-state index in [-0.39, 0.29) is 16.0 Å². The van der Waals surface area contributed by atoms with Gasteiger partial charge in [0.1, 0.15) is 0 Å². The van der Waals surface area contributed by atoms with Crippen LogP contribution in [0, 0.1) is 5.82 Å². The molecule has 3 nitrogen and oxygen atoms in total. The number of fused-ring (bicyclic) bond motifs is 1. The first kappa shape index (κ1) is 13.7. The smallest absolute Gasteiger partial charge is 0.205 e. The Morgan fingerprint density at radius 3 is 2.45 bits per heavy atom. The van der Waals surface area contributed by atoms with Crippen molar-refractivity contribution >= 4 is 56.1 Å². The highest BCUT2D eigenvalue weighted by Crippen LogP contribution is 2.31. The molecule has 0 saturated carbocycles. The molecule has 2 N–H and O–H groups in total. The molecule has 3 aromatic rings. The highest BCUT2D eigenvalue weighted by atomic mass is 79.9. The van der Waals surface area contributed by atoms with Crippen molar-refractivity contribution < 1.29 is 4.39 Å². The summed E-state index contributed by atoms with van der Waals surface area (Å²) in [6.07, 6.45) is 0. The number of nitrogen functional groups attached to an aromatic ring is 1. The second-order valence-electron chi connectivity index (χ2n) is 4.16. The summed E-state index contributed by atoms with van der Waals surface area (Å²) in [5, 5.41) is -0.132. The Hall–Kier alpha value is -1.30. The zero-order chi connectivity index (χ0) is 14.4.